The van der Waals surface area contributed by atoms with Gasteiger partial charge < -0.3 is 10.6 Å². The molecule has 0 bridgehead atoms. The molecule has 1 aromatic heterocycles. The predicted molar refractivity (Wildman–Crippen MR) is 93.8 cm³/mol. The third kappa shape index (κ3) is 4.35. The molecule has 7 heteroatoms. The molecule has 134 valence electrons. The summed E-state index contributed by atoms with van der Waals surface area (Å²) in [7, 11) is 1.88. The minimum Gasteiger partial charge on any atom is -0.356 e. The van der Waals surface area contributed by atoms with Crippen molar-refractivity contribution in [2.75, 3.05) is 25.0 Å². The molecule has 1 unspecified atom stereocenters. The molecule has 2 amide bonds. The summed E-state index contributed by atoms with van der Waals surface area (Å²) in [5.41, 5.74) is 2.61. The summed E-state index contributed by atoms with van der Waals surface area (Å²) in [5, 5.41) is 10.2. The summed E-state index contributed by atoms with van der Waals surface area (Å²) in [6, 6.07) is -0.175. The van der Waals surface area contributed by atoms with E-state index in [4.69, 9.17) is 0 Å². The number of carbonyl (C=O) groups excluding carboxylic acids is 2. The van der Waals surface area contributed by atoms with Gasteiger partial charge in [0.2, 0.25) is 11.8 Å². The number of rotatable bonds is 5. The molecule has 0 aliphatic carbocycles. The predicted octanol–water partition coefficient (Wildman–Crippen LogP) is 1.21. The summed E-state index contributed by atoms with van der Waals surface area (Å²) in [6.45, 7) is 9.84. The second-order valence-electron chi connectivity index (χ2n) is 6.75. The maximum Gasteiger partial charge on any atom is 0.241 e. The van der Waals surface area contributed by atoms with Crippen LogP contribution in [0.25, 0.3) is 0 Å². The summed E-state index contributed by atoms with van der Waals surface area (Å²) < 4.78 is 1.78. The molecule has 2 heterocycles. The molecule has 0 aromatic carbocycles. The highest BCUT2D eigenvalue weighted by Crippen LogP contribution is 2.21. The first-order chi connectivity index (χ1) is 11.3. The van der Waals surface area contributed by atoms with Gasteiger partial charge in [-0.15, -0.1) is 0 Å². The van der Waals surface area contributed by atoms with Crippen molar-refractivity contribution in [3.8, 4) is 0 Å². The van der Waals surface area contributed by atoms with Gasteiger partial charge in [0.25, 0.3) is 0 Å². The number of aromatic nitrogens is 2. The fourth-order valence-corrected chi connectivity index (χ4v) is 3.18. The number of aryl methyl sites for hydroxylation is 2. The Morgan fingerprint density at radius 1 is 1.29 bits per heavy atom. The molecule has 0 spiro atoms. The van der Waals surface area contributed by atoms with Crippen molar-refractivity contribution in [2.45, 2.75) is 46.6 Å². The minimum absolute atomic E-state index is 0.00881. The highest BCUT2D eigenvalue weighted by molar-refractivity contribution is 5.95. The molecule has 1 aliphatic rings. The zero-order valence-electron chi connectivity index (χ0n) is 15.3. The number of piperidine rings is 1. The van der Waals surface area contributed by atoms with Gasteiger partial charge in [-0.25, -0.2) is 0 Å². The van der Waals surface area contributed by atoms with E-state index in [-0.39, 0.29) is 17.9 Å². The third-order valence-electron chi connectivity index (χ3n) is 4.97. The molecule has 24 heavy (non-hydrogen) atoms. The van der Waals surface area contributed by atoms with Crippen LogP contribution in [-0.2, 0) is 16.6 Å². The number of carbonyl (C=O) groups is 2. The van der Waals surface area contributed by atoms with Gasteiger partial charge in [-0.1, -0.05) is 0 Å². The van der Waals surface area contributed by atoms with Crippen LogP contribution in [0.15, 0.2) is 0 Å². The summed E-state index contributed by atoms with van der Waals surface area (Å²) in [6.07, 6.45) is 2.01. The molecular weight excluding hydrogens is 306 g/mol. The molecule has 2 N–H and O–H groups in total. The summed E-state index contributed by atoms with van der Waals surface area (Å²) in [4.78, 5) is 25.8. The Bertz CT molecular complexity index is 602. The Hall–Kier alpha value is -1.89. The van der Waals surface area contributed by atoms with Crippen molar-refractivity contribution in [3.63, 3.8) is 0 Å². The first-order valence-corrected chi connectivity index (χ1v) is 8.59. The Kier molecular flexibility index (Phi) is 5.99. The lowest BCUT2D eigenvalue weighted by molar-refractivity contribution is -0.121. The van der Waals surface area contributed by atoms with Crippen molar-refractivity contribution in [2.24, 2.45) is 13.0 Å². The Morgan fingerprint density at radius 3 is 2.42 bits per heavy atom. The van der Waals surface area contributed by atoms with Gasteiger partial charge in [0.05, 0.1) is 23.1 Å². The zero-order valence-corrected chi connectivity index (χ0v) is 15.3. The van der Waals surface area contributed by atoms with Gasteiger partial charge in [0, 0.05) is 20.5 Å². The first-order valence-electron chi connectivity index (χ1n) is 8.59. The molecule has 1 saturated heterocycles. The Balaban J connectivity index is 1.87. The van der Waals surface area contributed by atoms with E-state index in [0.29, 0.717) is 5.92 Å². The van der Waals surface area contributed by atoms with E-state index >= 15 is 0 Å². The van der Waals surface area contributed by atoms with Crippen molar-refractivity contribution in [3.05, 3.63) is 11.4 Å². The van der Waals surface area contributed by atoms with E-state index in [0.717, 1.165) is 49.6 Å². The molecular formula is C17H29N5O2. The van der Waals surface area contributed by atoms with Gasteiger partial charge in [-0.3, -0.25) is 19.2 Å². The first kappa shape index (κ1) is 18.4. The topological polar surface area (TPSA) is 79.3 Å². The number of anilines is 1. The Labute approximate surface area is 143 Å². The van der Waals surface area contributed by atoms with Crippen LogP contribution >= 0.6 is 0 Å². The summed E-state index contributed by atoms with van der Waals surface area (Å²) in [5.74, 6) is 0.533. The zero-order chi connectivity index (χ0) is 17.9. The fraction of sp³-hybridized carbons (Fsp3) is 0.706. The SMILES string of the molecule is CC(=O)NCC1CCN(C(C)C(=O)Nc2c(C)nn(C)c2C)CC1. The molecule has 0 radical (unpaired) electrons. The van der Waals surface area contributed by atoms with E-state index in [1.165, 1.54) is 0 Å². The van der Waals surface area contributed by atoms with Crippen LogP contribution in [0.4, 0.5) is 5.69 Å². The number of nitrogens with one attached hydrogen (secondary N) is 2. The van der Waals surface area contributed by atoms with Crippen LogP contribution in [-0.4, -0.2) is 52.2 Å². The second-order valence-corrected chi connectivity index (χ2v) is 6.75. The monoisotopic (exact) mass is 335 g/mol. The van der Waals surface area contributed by atoms with E-state index in [1.807, 2.05) is 27.8 Å². The highest BCUT2D eigenvalue weighted by Gasteiger charge is 2.27. The smallest absolute Gasteiger partial charge is 0.241 e. The van der Waals surface area contributed by atoms with Crippen molar-refractivity contribution >= 4 is 17.5 Å². The van der Waals surface area contributed by atoms with E-state index in [2.05, 4.69) is 20.6 Å². The van der Waals surface area contributed by atoms with Crippen LogP contribution in [0, 0.1) is 19.8 Å². The molecule has 0 saturated carbocycles. The number of hydrogen-bond donors (Lipinski definition) is 2. The lowest BCUT2D eigenvalue weighted by atomic mass is 9.95. The van der Waals surface area contributed by atoms with Crippen molar-refractivity contribution in [1.82, 2.24) is 20.0 Å². The van der Waals surface area contributed by atoms with Crippen LogP contribution in [0.1, 0.15) is 38.1 Å². The average molecular weight is 335 g/mol. The highest BCUT2D eigenvalue weighted by atomic mass is 16.2. The standard InChI is InChI=1S/C17H29N5O2/c1-11-16(12(2)21(5)20-11)19-17(24)13(3)22-8-6-15(7-9-22)10-18-14(4)23/h13,15H,6-10H2,1-5H3,(H,18,23)(H,19,24). The molecule has 1 aliphatic heterocycles. The minimum atomic E-state index is -0.175. The van der Waals surface area contributed by atoms with Crippen molar-refractivity contribution < 1.29 is 9.59 Å². The average Bonchev–Trinajstić information content (AvgIpc) is 2.79. The third-order valence-corrected chi connectivity index (χ3v) is 4.97. The van der Waals surface area contributed by atoms with E-state index < -0.39 is 0 Å². The quantitative estimate of drug-likeness (QED) is 0.848. The maximum atomic E-state index is 12.6. The lowest BCUT2D eigenvalue weighted by Gasteiger charge is -2.35. The largest absolute Gasteiger partial charge is 0.356 e. The van der Waals surface area contributed by atoms with Gasteiger partial charge in [-0.05, 0) is 52.6 Å². The van der Waals surface area contributed by atoms with E-state index in [1.54, 1.807) is 11.6 Å². The molecule has 1 fully saturated rings. The van der Waals surface area contributed by atoms with Crippen LogP contribution < -0.4 is 10.6 Å². The molecule has 1 atom stereocenters. The number of amides is 2. The van der Waals surface area contributed by atoms with Gasteiger partial charge in [-0.2, -0.15) is 5.10 Å². The number of nitrogens with zero attached hydrogens (tertiary/aromatic N) is 3. The van der Waals surface area contributed by atoms with Crippen LogP contribution in [0.2, 0.25) is 0 Å². The Morgan fingerprint density at radius 2 is 1.92 bits per heavy atom. The normalized spacial score (nSPS) is 17.5. The lowest BCUT2D eigenvalue weighted by Crippen LogP contribution is -2.47. The van der Waals surface area contributed by atoms with Gasteiger partial charge in [0.15, 0.2) is 0 Å². The molecule has 2 rings (SSSR count). The number of likely N-dealkylation sites (tertiary alicyclic amines) is 1. The van der Waals surface area contributed by atoms with Gasteiger partial charge >= 0.3 is 0 Å². The fourth-order valence-electron chi connectivity index (χ4n) is 3.18. The summed E-state index contributed by atoms with van der Waals surface area (Å²) >= 11 is 0. The number of hydrogen-bond acceptors (Lipinski definition) is 4. The second kappa shape index (κ2) is 7.79. The van der Waals surface area contributed by atoms with Crippen molar-refractivity contribution in [1.29, 1.82) is 0 Å². The van der Waals surface area contributed by atoms with E-state index in [9.17, 15) is 9.59 Å². The van der Waals surface area contributed by atoms with Crippen LogP contribution in [0.5, 0.6) is 0 Å². The molecule has 1 aromatic rings. The van der Waals surface area contributed by atoms with Crippen LogP contribution in [0.3, 0.4) is 0 Å². The van der Waals surface area contributed by atoms with Gasteiger partial charge in [0.1, 0.15) is 0 Å². The molecule has 7 nitrogen and oxygen atoms in total. The maximum absolute atomic E-state index is 12.6.